The van der Waals surface area contributed by atoms with E-state index in [0.29, 0.717) is 12.1 Å². The van der Waals surface area contributed by atoms with Crippen molar-refractivity contribution in [3.63, 3.8) is 0 Å². The number of nitrogens with zero attached hydrogens (tertiary/aromatic N) is 7. The van der Waals surface area contributed by atoms with Crippen molar-refractivity contribution in [2.24, 2.45) is 0 Å². The average Bonchev–Trinajstić information content (AvgIpc) is 3.56. The predicted octanol–water partition coefficient (Wildman–Crippen LogP) is 5.15. The second-order valence-electron chi connectivity index (χ2n) is 10.3. The summed E-state index contributed by atoms with van der Waals surface area (Å²) in [4.78, 5) is 30.8. The molecule has 0 spiro atoms. The molecule has 6 rings (SSSR count). The van der Waals surface area contributed by atoms with Gasteiger partial charge in [0.25, 0.3) is 15.9 Å². The Labute approximate surface area is 266 Å². The lowest BCUT2D eigenvalue weighted by Crippen LogP contribution is -2.26. The van der Waals surface area contributed by atoms with E-state index < -0.39 is 43.7 Å². The molecule has 0 bridgehead atoms. The molecule has 16 heteroatoms. The lowest BCUT2D eigenvalue weighted by molar-refractivity contribution is 0.0778. The van der Waals surface area contributed by atoms with Crippen molar-refractivity contribution in [3.8, 4) is 5.82 Å². The highest BCUT2D eigenvalue weighted by Crippen LogP contribution is 2.32. The molecule has 47 heavy (non-hydrogen) atoms. The zero-order valence-corrected chi connectivity index (χ0v) is 25.5. The molecule has 0 atom stereocenters. The number of sulfonamides is 1. The van der Waals surface area contributed by atoms with E-state index in [2.05, 4.69) is 35.1 Å². The number of nitrogens with one attached hydrogen (secondary N) is 2. The fourth-order valence-corrected chi connectivity index (χ4v) is 6.00. The van der Waals surface area contributed by atoms with E-state index in [0.717, 1.165) is 36.2 Å². The molecular weight excluding hydrogens is 635 g/mol. The van der Waals surface area contributed by atoms with E-state index in [1.54, 1.807) is 43.7 Å². The van der Waals surface area contributed by atoms with Gasteiger partial charge >= 0.3 is 0 Å². The number of benzene rings is 2. The van der Waals surface area contributed by atoms with E-state index in [1.165, 1.54) is 34.8 Å². The fraction of sp³-hybridized carbons (Fsp3) is 0.0968. The first kappa shape index (κ1) is 31.1. The Bertz CT molecular complexity index is 2250. The minimum absolute atomic E-state index is 0.100. The van der Waals surface area contributed by atoms with Gasteiger partial charge in [-0.3, -0.25) is 14.5 Å². The molecule has 0 aliphatic carbocycles. The van der Waals surface area contributed by atoms with Crippen LogP contribution in [0.1, 0.15) is 21.6 Å². The molecule has 0 saturated heterocycles. The Morgan fingerprint density at radius 3 is 2.53 bits per heavy atom. The number of hydrogen-bond donors (Lipinski definition) is 2. The predicted molar refractivity (Wildman–Crippen MR) is 166 cm³/mol. The SMILES string of the molecule is Cc1c(F)cccc1S(=O)(=O)Nc1ccc(F)c(Nc2ncnc3ccc(-n4ccc(C(=O)N(C)Cc5ccncc5)n4)nc23)c1F. The van der Waals surface area contributed by atoms with E-state index in [9.17, 15) is 22.0 Å². The molecule has 4 heterocycles. The number of carbonyl (C=O) groups excluding carboxylic acids is 1. The lowest BCUT2D eigenvalue weighted by atomic mass is 10.2. The number of rotatable bonds is 9. The molecule has 2 N–H and O–H groups in total. The topological polar surface area (TPSA) is 148 Å². The summed E-state index contributed by atoms with van der Waals surface area (Å²) in [6.07, 6.45) is 5.97. The van der Waals surface area contributed by atoms with Crippen molar-refractivity contribution in [2.75, 3.05) is 17.1 Å². The van der Waals surface area contributed by atoms with Crippen molar-refractivity contribution < 1.29 is 26.4 Å². The smallest absolute Gasteiger partial charge is 0.274 e. The Morgan fingerprint density at radius 2 is 1.74 bits per heavy atom. The fourth-order valence-electron chi connectivity index (χ4n) is 4.69. The third-order valence-electron chi connectivity index (χ3n) is 7.11. The zero-order valence-electron chi connectivity index (χ0n) is 24.7. The van der Waals surface area contributed by atoms with Gasteiger partial charge in [0.15, 0.2) is 23.1 Å². The average molecular weight is 660 g/mol. The van der Waals surface area contributed by atoms with E-state index in [1.807, 2.05) is 0 Å². The van der Waals surface area contributed by atoms with Gasteiger partial charge in [-0.05, 0) is 67.1 Å². The number of carbonyl (C=O) groups is 1. The van der Waals surface area contributed by atoms with Gasteiger partial charge in [-0.25, -0.2) is 41.2 Å². The molecule has 0 aliphatic rings. The first-order valence-corrected chi connectivity index (χ1v) is 15.4. The van der Waals surface area contributed by atoms with Crippen molar-refractivity contribution in [1.29, 1.82) is 0 Å². The number of halogens is 3. The van der Waals surface area contributed by atoms with Crippen LogP contribution in [-0.4, -0.2) is 56.0 Å². The van der Waals surface area contributed by atoms with E-state index in [4.69, 9.17) is 0 Å². The largest absolute Gasteiger partial charge is 0.336 e. The number of amides is 1. The molecule has 12 nitrogen and oxygen atoms in total. The minimum Gasteiger partial charge on any atom is -0.336 e. The highest BCUT2D eigenvalue weighted by molar-refractivity contribution is 7.92. The Hall–Kier alpha value is -5.90. The highest BCUT2D eigenvalue weighted by Gasteiger charge is 2.24. The summed E-state index contributed by atoms with van der Waals surface area (Å²) in [5.41, 5.74) is -0.0213. The lowest BCUT2D eigenvalue weighted by Gasteiger charge is -2.15. The summed E-state index contributed by atoms with van der Waals surface area (Å²) in [7, 11) is -2.80. The van der Waals surface area contributed by atoms with Gasteiger partial charge in [-0.15, -0.1) is 0 Å². The van der Waals surface area contributed by atoms with Gasteiger partial charge < -0.3 is 10.2 Å². The summed E-state index contributed by atoms with van der Waals surface area (Å²) < 4.78 is 74.0. The number of hydrogen-bond acceptors (Lipinski definition) is 9. The summed E-state index contributed by atoms with van der Waals surface area (Å²) >= 11 is 0. The van der Waals surface area contributed by atoms with Crippen molar-refractivity contribution in [2.45, 2.75) is 18.4 Å². The van der Waals surface area contributed by atoms with Gasteiger partial charge in [0, 0.05) is 37.7 Å². The monoisotopic (exact) mass is 659 g/mol. The summed E-state index contributed by atoms with van der Waals surface area (Å²) in [5, 5.41) is 6.91. The second kappa shape index (κ2) is 12.5. The molecular formula is C31H24F3N9O3S. The van der Waals surface area contributed by atoms with Crippen LogP contribution >= 0.6 is 0 Å². The first-order valence-electron chi connectivity index (χ1n) is 13.9. The van der Waals surface area contributed by atoms with Gasteiger partial charge in [0.05, 0.1) is 16.1 Å². The molecule has 6 aromatic rings. The molecule has 0 saturated carbocycles. The third-order valence-corrected chi connectivity index (χ3v) is 8.62. The summed E-state index contributed by atoms with van der Waals surface area (Å²) in [6, 6.07) is 13.5. The van der Waals surface area contributed by atoms with Crippen molar-refractivity contribution >= 4 is 44.2 Å². The molecule has 0 radical (unpaired) electrons. The molecule has 1 amide bonds. The second-order valence-corrected chi connectivity index (χ2v) is 11.9. The maximum atomic E-state index is 15.7. The maximum absolute atomic E-state index is 15.7. The number of anilines is 3. The molecule has 0 unspecified atom stereocenters. The van der Waals surface area contributed by atoms with Crippen LogP contribution in [0, 0.1) is 24.4 Å². The van der Waals surface area contributed by atoms with Crippen LogP contribution in [0.4, 0.5) is 30.4 Å². The standard InChI is InChI=1S/C31H24F3N9O3S/c1-18-20(32)4-3-5-25(18)47(45,46)41-22-7-6-21(33)28(27(22)34)39-30-29-23(36-17-37-30)8-9-26(38-29)43-15-12-24(40-43)31(44)42(2)16-19-10-13-35-14-11-19/h3-15,17,41H,16H2,1-2H3,(H,36,37,39). The quantitative estimate of drug-likeness (QED) is 0.215. The molecule has 2 aromatic carbocycles. The third kappa shape index (κ3) is 6.30. The van der Waals surface area contributed by atoms with Crippen molar-refractivity contribution in [3.05, 3.63) is 120 Å². The van der Waals surface area contributed by atoms with Crippen LogP contribution in [0.15, 0.2) is 90.5 Å². The minimum atomic E-state index is -4.45. The van der Waals surface area contributed by atoms with Crippen LogP contribution in [0.5, 0.6) is 0 Å². The molecule has 4 aromatic heterocycles. The van der Waals surface area contributed by atoms with Crippen LogP contribution in [0.2, 0.25) is 0 Å². The van der Waals surface area contributed by atoms with Crippen LogP contribution < -0.4 is 10.0 Å². The molecule has 0 fully saturated rings. The van der Waals surface area contributed by atoms with E-state index in [-0.39, 0.29) is 34.3 Å². The van der Waals surface area contributed by atoms with Crippen molar-refractivity contribution in [1.82, 2.24) is 34.6 Å². The summed E-state index contributed by atoms with van der Waals surface area (Å²) in [6.45, 7) is 1.61. The van der Waals surface area contributed by atoms with Crippen LogP contribution in [0.25, 0.3) is 16.9 Å². The Balaban J connectivity index is 1.28. The van der Waals surface area contributed by atoms with Gasteiger partial charge in [-0.2, -0.15) is 5.10 Å². The van der Waals surface area contributed by atoms with Gasteiger partial charge in [0.2, 0.25) is 0 Å². The Morgan fingerprint density at radius 1 is 0.957 bits per heavy atom. The van der Waals surface area contributed by atoms with Gasteiger partial charge in [0.1, 0.15) is 29.2 Å². The maximum Gasteiger partial charge on any atom is 0.274 e. The number of aromatic nitrogens is 6. The zero-order chi connectivity index (χ0) is 33.3. The number of fused-ring (bicyclic) bond motifs is 1. The Kier molecular flexibility index (Phi) is 8.25. The van der Waals surface area contributed by atoms with Crippen LogP contribution in [0.3, 0.4) is 0 Å². The molecule has 0 aliphatic heterocycles. The summed E-state index contributed by atoms with van der Waals surface area (Å²) in [5.74, 6) is -3.28. The van der Waals surface area contributed by atoms with E-state index >= 15 is 4.39 Å². The van der Waals surface area contributed by atoms with Gasteiger partial charge in [-0.1, -0.05) is 6.07 Å². The number of pyridine rings is 2. The highest BCUT2D eigenvalue weighted by atomic mass is 32.2. The van der Waals surface area contributed by atoms with Crippen LogP contribution in [-0.2, 0) is 16.6 Å². The first-order chi connectivity index (χ1) is 22.5. The normalized spacial score (nSPS) is 11.4. The molecule has 238 valence electrons.